The van der Waals surface area contributed by atoms with E-state index >= 15 is 0 Å². The number of rotatable bonds is 4. The molecular weight excluding hydrogens is 206 g/mol. The van der Waals surface area contributed by atoms with Crippen molar-refractivity contribution in [2.75, 3.05) is 12.0 Å². The molecule has 1 aromatic heterocycles. The second kappa shape index (κ2) is 3.79. The van der Waals surface area contributed by atoms with E-state index in [1.54, 1.807) is 0 Å². The summed E-state index contributed by atoms with van der Waals surface area (Å²) in [6, 6.07) is 0. The van der Waals surface area contributed by atoms with E-state index in [2.05, 4.69) is 36.4 Å². The molecular formula is C5H7N7O3. The van der Waals surface area contributed by atoms with E-state index in [0.29, 0.717) is 0 Å². The maximum atomic E-state index is 10.6. The molecule has 1 aliphatic heterocycles. The van der Waals surface area contributed by atoms with Crippen molar-refractivity contribution in [2.24, 2.45) is 5.10 Å². The van der Waals surface area contributed by atoms with E-state index in [0.717, 1.165) is 0 Å². The normalized spacial score (nSPS) is 14.0. The topological polar surface area (TPSA) is 128 Å². The highest BCUT2D eigenvalue weighted by Crippen LogP contribution is 2.08. The van der Waals surface area contributed by atoms with Gasteiger partial charge in [0.15, 0.2) is 0 Å². The molecule has 0 unspecified atom stereocenters. The van der Waals surface area contributed by atoms with Crippen LogP contribution in [0.3, 0.4) is 0 Å². The zero-order valence-electron chi connectivity index (χ0n) is 7.34. The van der Waals surface area contributed by atoms with Crippen LogP contribution < -0.4 is 16.4 Å². The number of carboxylic acid groups (broad SMARTS) is 1. The Kier molecular flexibility index (Phi) is 2.33. The van der Waals surface area contributed by atoms with E-state index in [-0.39, 0.29) is 18.2 Å². The predicted molar refractivity (Wildman–Crippen MR) is 46.3 cm³/mol. The number of aromatic carboxylic acids is 1. The van der Waals surface area contributed by atoms with Gasteiger partial charge in [-0.3, -0.25) is 5.01 Å². The number of carboxylic acids is 1. The van der Waals surface area contributed by atoms with Crippen LogP contribution in [0, 0.1) is 0 Å². The van der Waals surface area contributed by atoms with Gasteiger partial charge < -0.3 is 10.4 Å². The third-order valence-corrected chi connectivity index (χ3v) is 1.56. The Hall–Kier alpha value is -2.36. The maximum absolute atomic E-state index is 10.6. The van der Waals surface area contributed by atoms with Crippen LogP contribution in [0.4, 0.5) is 5.82 Å². The van der Waals surface area contributed by atoms with E-state index in [1.165, 1.54) is 11.3 Å². The fraction of sp³-hybridized carbons (Fsp3) is 0.200. The van der Waals surface area contributed by atoms with Crippen molar-refractivity contribution in [3.63, 3.8) is 0 Å². The summed E-state index contributed by atoms with van der Waals surface area (Å²) in [4.78, 5) is 10.6. The van der Waals surface area contributed by atoms with Crippen molar-refractivity contribution in [3.05, 3.63) is 5.69 Å². The highest BCUT2D eigenvalue weighted by molar-refractivity contribution is 5.90. The van der Waals surface area contributed by atoms with Gasteiger partial charge in [-0.2, -0.15) is 5.10 Å². The SMILES string of the molecule is O=C(O)c1nonc1NCN1C=NNN1. The van der Waals surface area contributed by atoms with Crippen LogP contribution in [0.15, 0.2) is 9.73 Å². The quantitative estimate of drug-likeness (QED) is 0.467. The molecule has 0 radical (unpaired) electrons. The van der Waals surface area contributed by atoms with Gasteiger partial charge in [0.05, 0.1) is 0 Å². The number of nitrogens with one attached hydrogen (secondary N) is 3. The van der Waals surface area contributed by atoms with Crippen molar-refractivity contribution in [2.45, 2.75) is 0 Å². The number of nitrogens with zero attached hydrogens (tertiary/aromatic N) is 4. The molecule has 0 amide bonds. The zero-order chi connectivity index (χ0) is 10.7. The average Bonchev–Trinajstić information content (AvgIpc) is 2.86. The summed E-state index contributed by atoms with van der Waals surface area (Å²) < 4.78 is 4.29. The molecule has 1 aliphatic rings. The van der Waals surface area contributed by atoms with Crippen LogP contribution in [0.25, 0.3) is 0 Å². The number of hydrogen-bond acceptors (Lipinski definition) is 9. The zero-order valence-corrected chi connectivity index (χ0v) is 7.34. The molecule has 10 nitrogen and oxygen atoms in total. The van der Waals surface area contributed by atoms with Gasteiger partial charge in [0.25, 0.3) is 0 Å². The van der Waals surface area contributed by atoms with Crippen LogP contribution in [0.1, 0.15) is 10.5 Å². The van der Waals surface area contributed by atoms with E-state index in [1.807, 2.05) is 0 Å². The van der Waals surface area contributed by atoms with Gasteiger partial charge in [-0.05, 0) is 10.3 Å². The van der Waals surface area contributed by atoms with E-state index in [4.69, 9.17) is 5.11 Å². The monoisotopic (exact) mass is 213 g/mol. The molecule has 2 heterocycles. The van der Waals surface area contributed by atoms with Crippen LogP contribution in [0.2, 0.25) is 0 Å². The van der Waals surface area contributed by atoms with Gasteiger partial charge in [0.2, 0.25) is 11.5 Å². The Bertz CT molecular complexity index is 388. The van der Waals surface area contributed by atoms with Crippen LogP contribution in [-0.2, 0) is 0 Å². The van der Waals surface area contributed by atoms with Crippen molar-refractivity contribution in [3.8, 4) is 0 Å². The molecule has 0 saturated heterocycles. The molecule has 0 fully saturated rings. The van der Waals surface area contributed by atoms with Gasteiger partial charge in [-0.1, -0.05) is 0 Å². The first kappa shape index (κ1) is 9.21. The molecule has 10 heteroatoms. The number of hydrazine groups is 2. The van der Waals surface area contributed by atoms with Gasteiger partial charge in [-0.25, -0.2) is 15.0 Å². The molecule has 0 spiro atoms. The number of aromatic nitrogens is 2. The molecule has 4 N–H and O–H groups in total. The second-order valence-corrected chi connectivity index (χ2v) is 2.54. The summed E-state index contributed by atoms with van der Waals surface area (Å²) in [7, 11) is 0. The third kappa shape index (κ3) is 1.94. The number of carbonyl (C=O) groups is 1. The average molecular weight is 213 g/mol. The van der Waals surface area contributed by atoms with E-state index < -0.39 is 5.97 Å². The van der Waals surface area contributed by atoms with E-state index in [9.17, 15) is 4.79 Å². The summed E-state index contributed by atoms with van der Waals surface area (Å²) in [6.07, 6.45) is 1.47. The molecule has 15 heavy (non-hydrogen) atoms. The minimum absolute atomic E-state index is 0.0598. The van der Waals surface area contributed by atoms with Crippen LogP contribution in [0.5, 0.6) is 0 Å². The minimum Gasteiger partial charge on any atom is -0.476 e. The summed E-state index contributed by atoms with van der Waals surface area (Å²) >= 11 is 0. The summed E-state index contributed by atoms with van der Waals surface area (Å²) in [5.41, 5.74) is 4.84. The molecule has 0 aromatic carbocycles. The van der Waals surface area contributed by atoms with Crippen molar-refractivity contribution in [1.82, 2.24) is 26.4 Å². The maximum Gasteiger partial charge on any atom is 0.362 e. The first-order valence-corrected chi connectivity index (χ1v) is 3.87. The standard InChI is InChI=1S/C5H7N7O3/c13-5(14)3-4(9-15-8-3)6-1-12-2-7-10-11-12/h2,10-11H,1H2,(H,6,9)(H,13,14). The van der Waals surface area contributed by atoms with Gasteiger partial charge >= 0.3 is 5.97 Å². The molecule has 0 saturated carbocycles. The Morgan fingerprint density at radius 3 is 3.20 bits per heavy atom. The highest BCUT2D eigenvalue weighted by atomic mass is 16.6. The Morgan fingerprint density at radius 1 is 1.67 bits per heavy atom. The number of hydrogen-bond donors (Lipinski definition) is 4. The lowest BCUT2D eigenvalue weighted by Gasteiger charge is -2.12. The van der Waals surface area contributed by atoms with Gasteiger partial charge in [0.1, 0.15) is 13.0 Å². The fourth-order valence-corrected chi connectivity index (χ4v) is 0.906. The summed E-state index contributed by atoms with van der Waals surface area (Å²) in [5.74, 6) is -1.15. The molecule has 2 rings (SSSR count). The van der Waals surface area contributed by atoms with Gasteiger partial charge in [0, 0.05) is 0 Å². The Labute approximate surface area is 82.8 Å². The summed E-state index contributed by atoms with van der Waals surface area (Å²) in [6.45, 7) is 0.255. The second-order valence-electron chi connectivity index (χ2n) is 2.54. The lowest BCUT2D eigenvalue weighted by Crippen LogP contribution is -2.40. The third-order valence-electron chi connectivity index (χ3n) is 1.56. The van der Waals surface area contributed by atoms with Crippen molar-refractivity contribution in [1.29, 1.82) is 0 Å². The summed E-state index contributed by atoms with van der Waals surface area (Å²) in [5, 5.41) is 23.2. The largest absolute Gasteiger partial charge is 0.476 e. The van der Waals surface area contributed by atoms with Crippen LogP contribution in [-0.4, -0.2) is 39.4 Å². The highest BCUT2D eigenvalue weighted by Gasteiger charge is 2.17. The van der Waals surface area contributed by atoms with Crippen LogP contribution >= 0.6 is 0 Å². The number of anilines is 1. The first-order chi connectivity index (χ1) is 7.27. The molecule has 1 aromatic rings. The molecule has 0 aliphatic carbocycles. The lowest BCUT2D eigenvalue weighted by molar-refractivity contribution is 0.0685. The molecule has 0 atom stereocenters. The van der Waals surface area contributed by atoms with Crippen molar-refractivity contribution < 1.29 is 14.5 Å². The molecule has 80 valence electrons. The minimum atomic E-state index is -1.21. The Balaban J connectivity index is 1.95. The molecule has 0 bridgehead atoms. The number of hydrazone groups is 1. The van der Waals surface area contributed by atoms with Gasteiger partial charge in [-0.15, -0.1) is 5.53 Å². The first-order valence-electron chi connectivity index (χ1n) is 3.87. The lowest BCUT2D eigenvalue weighted by atomic mass is 10.4. The predicted octanol–water partition coefficient (Wildman–Crippen LogP) is -1.59. The Morgan fingerprint density at radius 2 is 2.53 bits per heavy atom. The smallest absolute Gasteiger partial charge is 0.362 e. The van der Waals surface area contributed by atoms with Crippen molar-refractivity contribution >= 4 is 18.1 Å². The fourth-order valence-electron chi connectivity index (χ4n) is 0.906.